The van der Waals surface area contributed by atoms with Crippen LogP contribution >= 0.6 is 0 Å². The van der Waals surface area contributed by atoms with Crippen molar-refractivity contribution in [3.05, 3.63) is 0 Å². The molecule has 3 fully saturated rings. The Kier molecular flexibility index (Phi) is 4.20. The predicted molar refractivity (Wildman–Crippen MR) is 78.6 cm³/mol. The molecule has 2 bridgehead atoms. The van der Waals surface area contributed by atoms with Gasteiger partial charge in [-0.25, -0.2) is 0 Å². The number of fused-ring (bicyclic) bond motifs is 2. The molecule has 3 aliphatic rings. The van der Waals surface area contributed by atoms with E-state index >= 15 is 0 Å². The molecule has 5 heteroatoms. The Labute approximate surface area is 125 Å². The summed E-state index contributed by atoms with van der Waals surface area (Å²) in [6.07, 6.45) is 7.98. The maximum atomic E-state index is 12.8. The first kappa shape index (κ1) is 14.8. The molecule has 0 aromatic carbocycles. The summed E-state index contributed by atoms with van der Waals surface area (Å²) < 4.78 is 0. The number of nitrogens with two attached hydrogens (primary N) is 1. The second kappa shape index (κ2) is 5.95. The lowest BCUT2D eigenvalue weighted by atomic mass is 9.83. The first-order valence-electron chi connectivity index (χ1n) is 8.34. The molecule has 2 heterocycles. The van der Waals surface area contributed by atoms with Crippen LogP contribution in [0.15, 0.2) is 0 Å². The summed E-state index contributed by atoms with van der Waals surface area (Å²) in [5.74, 6) is -0.0607. The topological polar surface area (TPSA) is 83.6 Å². The molecule has 3 N–H and O–H groups in total. The third kappa shape index (κ3) is 3.07. The molecule has 21 heavy (non-hydrogen) atoms. The fraction of sp³-hybridized carbons (Fsp3) is 0.875. The van der Waals surface area contributed by atoms with E-state index in [1.807, 2.05) is 0 Å². The Morgan fingerprint density at radius 1 is 1.05 bits per heavy atom. The minimum Gasteiger partial charge on any atom is -0.481 e. The second-order valence-corrected chi connectivity index (χ2v) is 7.19. The minimum atomic E-state index is -0.711. The van der Waals surface area contributed by atoms with E-state index in [9.17, 15) is 9.59 Å². The van der Waals surface area contributed by atoms with E-state index in [0.717, 1.165) is 51.4 Å². The summed E-state index contributed by atoms with van der Waals surface area (Å²) in [5, 5.41) is 8.97. The first-order valence-corrected chi connectivity index (χ1v) is 8.34. The highest BCUT2D eigenvalue weighted by molar-refractivity contribution is 5.80. The van der Waals surface area contributed by atoms with Gasteiger partial charge in [0.2, 0.25) is 5.91 Å². The zero-order chi connectivity index (χ0) is 15.0. The number of hydrogen-bond acceptors (Lipinski definition) is 3. The highest BCUT2D eigenvalue weighted by atomic mass is 16.4. The van der Waals surface area contributed by atoms with Gasteiger partial charge in [-0.15, -0.1) is 0 Å². The maximum Gasteiger partial charge on any atom is 0.303 e. The van der Waals surface area contributed by atoms with Gasteiger partial charge in [-0.05, 0) is 50.9 Å². The van der Waals surface area contributed by atoms with E-state index in [-0.39, 0.29) is 36.4 Å². The molecule has 0 aromatic heterocycles. The lowest BCUT2D eigenvalue weighted by molar-refractivity contribution is -0.143. The fourth-order valence-electron chi connectivity index (χ4n) is 4.73. The van der Waals surface area contributed by atoms with Gasteiger partial charge in [-0.3, -0.25) is 9.59 Å². The quantitative estimate of drug-likeness (QED) is 0.830. The van der Waals surface area contributed by atoms with Gasteiger partial charge in [0.1, 0.15) is 0 Å². The van der Waals surface area contributed by atoms with E-state index < -0.39 is 5.97 Å². The van der Waals surface area contributed by atoms with Gasteiger partial charge in [-0.1, -0.05) is 6.42 Å². The molecule has 1 aliphatic carbocycles. The zero-order valence-electron chi connectivity index (χ0n) is 12.5. The number of carboxylic acids is 1. The van der Waals surface area contributed by atoms with Crippen LogP contribution < -0.4 is 5.73 Å². The largest absolute Gasteiger partial charge is 0.481 e. The Balaban J connectivity index is 1.64. The van der Waals surface area contributed by atoms with E-state index in [2.05, 4.69) is 4.90 Å². The Bertz CT molecular complexity index is 412. The molecular weight excluding hydrogens is 268 g/mol. The van der Waals surface area contributed by atoms with Crippen molar-refractivity contribution in [3.63, 3.8) is 0 Å². The summed E-state index contributed by atoms with van der Waals surface area (Å²) in [6.45, 7) is 0. The smallest absolute Gasteiger partial charge is 0.303 e. The molecule has 4 atom stereocenters. The number of carbonyl (C=O) groups is 2. The van der Waals surface area contributed by atoms with Crippen molar-refractivity contribution in [3.8, 4) is 0 Å². The molecule has 1 amide bonds. The fourth-order valence-corrected chi connectivity index (χ4v) is 4.73. The number of carboxylic acid groups (broad SMARTS) is 1. The number of carbonyl (C=O) groups excluding carboxylic acids is 1. The number of amides is 1. The summed E-state index contributed by atoms with van der Waals surface area (Å²) in [7, 11) is 0. The van der Waals surface area contributed by atoms with Crippen molar-refractivity contribution in [1.82, 2.24) is 4.90 Å². The van der Waals surface area contributed by atoms with Crippen molar-refractivity contribution in [2.75, 3.05) is 0 Å². The van der Waals surface area contributed by atoms with Gasteiger partial charge in [0, 0.05) is 30.5 Å². The number of rotatable bonds is 3. The van der Waals surface area contributed by atoms with Gasteiger partial charge >= 0.3 is 5.97 Å². The van der Waals surface area contributed by atoms with Gasteiger partial charge in [0.05, 0.1) is 0 Å². The molecule has 0 spiro atoms. The van der Waals surface area contributed by atoms with E-state index in [4.69, 9.17) is 10.8 Å². The van der Waals surface area contributed by atoms with Crippen LogP contribution in [0.5, 0.6) is 0 Å². The monoisotopic (exact) mass is 294 g/mol. The van der Waals surface area contributed by atoms with E-state index in [0.29, 0.717) is 5.91 Å². The van der Waals surface area contributed by atoms with Crippen LogP contribution in [0.25, 0.3) is 0 Å². The average molecular weight is 294 g/mol. The zero-order valence-corrected chi connectivity index (χ0v) is 12.5. The number of hydrogen-bond donors (Lipinski definition) is 2. The van der Waals surface area contributed by atoms with Crippen molar-refractivity contribution in [2.45, 2.75) is 75.9 Å². The molecule has 1 saturated carbocycles. The highest BCUT2D eigenvalue weighted by Crippen LogP contribution is 2.41. The van der Waals surface area contributed by atoms with Gasteiger partial charge in [-0.2, -0.15) is 0 Å². The number of nitrogens with zero attached hydrogens (tertiary/aromatic N) is 1. The maximum absolute atomic E-state index is 12.8. The third-order valence-corrected chi connectivity index (χ3v) is 5.61. The van der Waals surface area contributed by atoms with Crippen LogP contribution in [0.4, 0.5) is 0 Å². The van der Waals surface area contributed by atoms with Crippen LogP contribution in [-0.2, 0) is 9.59 Å². The molecule has 0 radical (unpaired) electrons. The van der Waals surface area contributed by atoms with Crippen LogP contribution in [0.2, 0.25) is 0 Å². The van der Waals surface area contributed by atoms with Crippen LogP contribution in [-0.4, -0.2) is 40.0 Å². The Hall–Kier alpha value is -1.10. The van der Waals surface area contributed by atoms with Crippen molar-refractivity contribution < 1.29 is 14.7 Å². The molecule has 118 valence electrons. The van der Waals surface area contributed by atoms with Crippen molar-refractivity contribution in [2.24, 2.45) is 17.6 Å². The van der Waals surface area contributed by atoms with Gasteiger partial charge in [0.25, 0.3) is 0 Å². The minimum absolute atomic E-state index is 0.105. The molecule has 3 rings (SSSR count). The van der Waals surface area contributed by atoms with E-state index in [1.54, 1.807) is 0 Å². The number of aliphatic carboxylic acids is 1. The molecule has 2 aliphatic heterocycles. The summed E-state index contributed by atoms with van der Waals surface area (Å²) in [5.41, 5.74) is 6.02. The molecular formula is C16H26N2O3. The normalized spacial score (nSPS) is 39.3. The predicted octanol–water partition coefficient (Wildman–Crippen LogP) is 1.75. The van der Waals surface area contributed by atoms with Crippen molar-refractivity contribution >= 4 is 11.9 Å². The van der Waals surface area contributed by atoms with Crippen LogP contribution in [0.1, 0.15) is 57.8 Å². The van der Waals surface area contributed by atoms with Gasteiger partial charge < -0.3 is 15.7 Å². The molecule has 5 nitrogen and oxygen atoms in total. The van der Waals surface area contributed by atoms with E-state index in [1.165, 1.54) is 0 Å². The third-order valence-electron chi connectivity index (χ3n) is 5.61. The standard InChI is InChI=1S/C16H26N2O3/c17-12-3-1-2-11(9-12)16(21)18-13-4-5-14(18)7-10(6-13)8-15(19)20/h10-14H,1-9,17H2,(H,19,20). The molecule has 4 unspecified atom stereocenters. The van der Waals surface area contributed by atoms with Crippen LogP contribution in [0.3, 0.4) is 0 Å². The molecule has 2 saturated heterocycles. The van der Waals surface area contributed by atoms with Gasteiger partial charge in [0.15, 0.2) is 0 Å². The summed E-state index contributed by atoms with van der Waals surface area (Å²) >= 11 is 0. The lowest BCUT2D eigenvalue weighted by Crippen LogP contribution is -2.50. The Morgan fingerprint density at radius 3 is 2.29 bits per heavy atom. The first-order chi connectivity index (χ1) is 10.0. The Morgan fingerprint density at radius 2 is 1.71 bits per heavy atom. The second-order valence-electron chi connectivity index (χ2n) is 7.19. The lowest BCUT2D eigenvalue weighted by Gasteiger charge is -2.41. The average Bonchev–Trinajstić information content (AvgIpc) is 2.69. The van der Waals surface area contributed by atoms with Crippen molar-refractivity contribution in [1.29, 1.82) is 0 Å². The highest BCUT2D eigenvalue weighted by Gasteiger charge is 2.45. The summed E-state index contributed by atoms with van der Waals surface area (Å²) in [6, 6.07) is 0.729. The summed E-state index contributed by atoms with van der Waals surface area (Å²) in [4.78, 5) is 25.9. The number of piperidine rings is 1. The van der Waals surface area contributed by atoms with Crippen LogP contribution in [0, 0.1) is 11.8 Å². The SMILES string of the molecule is NC1CCCC(C(=O)N2C3CCC2CC(CC(=O)O)C3)C1. The molecule has 0 aromatic rings.